The van der Waals surface area contributed by atoms with Crippen LogP contribution in [0.2, 0.25) is 0 Å². The Morgan fingerprint density at radius 2 is 1.80 bits per heavy atom. The molecule has 0 N–H and O–H groups in total. The molecule has 1 atom stereocenters. The number of hydrogen-bond acceptors (Lipinski definition) is 1. The largest absolute Gasteiger partial charge is 0.497 e. The second-order valence-corrected chi connectivity index (χ2v) is 6.08. The van der Waals surface area contributed by atoms with Gasteiger partial charge in [-0.3, -0.25) is 0 Å². The van der Waals surface area contributed by atoms with Crippen molar-refractivity contribution in [3.05, 3.63) is 64.5 Å². The Balaban J connectivity index is 2.26. The number of alkyl halides is 1. The summed E-state index contributed by atoms with van der Waals surface area (Å²) in [7, 11) is 1.67. The van der Waals surface area contributed by atoms with E-state index in [0.29, 0.717) is 0 Å². The van der Waals surface area contributed by atoms with Crippen molar-refractivity contribution in [1.29, 1.82) is 0 Å². The van der Waals surface area contributed by atoms with Gasteiger partial charge >= 0.3 is 0 Å². The number of halogens is 2. The second-order valence-electron chi connectivity index (χ2n) is 4.98. The quantitative estimate of drug-likeness (QED) is 0.703. The third kappa shape index (κ3) is 3.40. The maximum atomic E-state index is 13.4. The van der Waals surface area contributed by atoms with Crippen molar-refractivity contribution in [2.24, 2.45) is 0 Å². The van der Waals surface area contributed by atoms with Gasteiger partial charge in [-0.1, -0.05) is 28.1 Å². The number of methoxy groups -OCH3 is 1. The van der Waals surface area contributed by atoms with Gasteiger partial charge in [0, 0.05) is 4.83 Å². The smallest absolute Gasteiger partial charge is 0.123 e. The molecule has 0 radical (unpaired) electrons. The highest BCUT2D eigenvalue weighted by atomic mass is 79.9. The minimum absolute atomic E-state index is 0.162. The van der Waals surface area contributed by atoms with Crippen LogP contribution < -0.4 is 4.74 Å². The highest BCUT2D eigenvalue weighted by molar-refractivity contribution is 9.09. The molecular weight excluding hydrogens is 319 g/mol. The molecule has 3 heteroatoms. The molecule has 2 aromatic carbocycles. The maximum absolute atomic E-state index is 13.4. The molecule has 0 fully saturated rings. The fraction of sp³-hybridized carbons (Fsp3) is 0.294. The van der Waals surface area contributed by atoms with Crippen molar-refractivity contribution in [3.8, 4) is 5.75 Å². The van der Waals surface area contributed by atoms with Crippen molar-refractivity contribution >= 4 is 15.9 Å². The highest BCUT2D eigenvalue weighted by Gasteiger charge is 2.15. The van der Waals surface area contributed by atoms with Crippen LogP contribution in [0.25, 0.3) is 0 Å². The summed E-state index contributed by atoms with van der Waals surface area (Å²) in [6, 6.07) is 11.2. The Hall–Kier alpha value is -1.35. The Labute approximate surface area is 127 Å². The molecule has 1 unspecified atom stereocenters. The monoisotopic (exact) mass is 336 g/mol. The predicted molar refractivity (Wildman–Crippen MR) is 84.2 cm³/mol. The van der Waals surface area contributed by atoms with Crippen LogP contribution in [-0.2, 0) is 6.42 Å². The zero-order valence-electron chi connectivity index (χ0n) is 11.9. The lowest BCUT2D eigenvalue weighted by Crippen LogP contribution is -2.02. The van der Waals surface area contributed by atoms with E-state index in [-0.39, 0.29) is 10.6 Å². The minimum atomic E-state index is -0.176. The van der Waals surface area contributed by atoms with Crippen LogP contribution in [0.3, 0.4) is 0 Å². The topological polar surface area (TPSA) is 9.23 Å². The molecular formula is C17H18BrFO. The standard InChI is InChI=1S/C17H18BrFO/c1-11-7-14(19)8-12(2)17(11)16(18)10-13-5-4-6-15(9-13)20-3/h4-9,16H,10H2,1-3H3. The Kier molecular flexibility index (Phi) is 4.81. The minimum Gasteiger partial charge on any atom is -0.497 e. The summed E-state index contributed by atoms with van der Waals surface area (Å²) in [5, 5.41) is 0. The first-order valence-corrected chi connectivity index (χ1v) is 7.46. The first-order chi connectivity index (χ1) is 9.51. The molecule has 0 amide bonds. The molecule has 106 valence electrons. The summed E-state index contributed by atoms with van der Waals surface area (Å²) in [6.45, 7) is 3.90. The molecule has 0 aliphatic rings. The molecule has 20 heavy (non-hydrogen) atoms. The molecule has 0 bridgehead atoms. The molecule has 0 aliphatic heterocycles. The summed E-state index contributed by atoms with van der Waals surface area (Å²) < 4.78 is 18.6. The molecule has 1 nitrogen and oxygen atoms in total. The van der Waals surface area contributed by atoms with E-state index in [1.54, 1.807) is 19.2 Å². The number of aryl methyl sites for hydroxylation is 2. The van der Waals surface area contributed by atoms with E-state index >= 15 is 0 Å². The summed E-state index contributed by atoms with van der Waals surface area (Å²) >= 11 is 3.73. The molecule has 0 aliphatic carbocycles. The lowest BCUT2D eigenvalue weighted by atomic mass is 9.96. The predicted octanol–water partition coefficient (Wildman–Crippen LogP) is 5.13. The van der Waals surface area contributed by atoms with Crippen molar-refractivity contribution in [2.45, 2.75) is 25.1 Å². The fourth-order valence-corrected chi connectivity index (χ4v) is 3.62. The van der Waals surface area contributed by atoms with Crippen LogP contribution >= 0.6 is 15.9 Å². The zero-order chi connectivity index (χ0) is 14.7. The lowest BCUT2D eigenvalue weighted by molar-refractivity contribution is 0.414. The normalized spacial score (nSPS) is 12.2. The average molecular weight is 337 g/mol. The average Bonchev–Trinajstić information content (AvgIpc) is 2.37. The molecule has 0 saturated heterocycles. The Morgan fingerprint density at radius 1 is 1.15 bits per heavy atom. The number of benzene rings is 2. The molecule has 2 aromatic rings. The lowest BCUT2D eigenvalue weighted by Gasteiger charge is -2.17. The Bertz CT molecular complexity index is 587. The number of hydrogen-bond donors (Lipinski definition) is 0. The molecule has 2 rings (SSSR count). The van der Waals surface area contributed by atoms with Gasteiger partial charge in [0.05, 0.1) is 7.11 Å². The fourth-order valence-electron chi connectivity index (χ4n) is 2.52. The highest BCUT2D eigenvalue weighted by Crippen LogP contribution is 2.33. The van der Waals surface area contributed by atoms with E-state index in [2.05, 4.69) is 22.0 Å². The van der Waals surface area contributed by atoms with Crippen LogP contribution in [0, 0.1) is 19.7 Å². The van der Waals surface area contributed by atoms with E-state index in [1.165, 1.54) is 5.56 Å². The van der Waals surface area contributed by atoms with Gasteiger partial charge in [-0.25, -0.2) is 4.39 Å². The van der Waals surface area contributed by atoms with Crippen molar-refractivity contribution in [2.75, 3.05) is 7.11 Å². The first kappa shape index (κ1) is 15.0. The molecule has 0 spiro atoms. The van der Waals surface area contributed by atoms with Crippen LogP contribution in [-0.4, -0.2) is 7.11 Å². The van der Waals surface area contributed by atoms with Gasteiger partial charge < -0.3 is 4.74 Å². The van der Waals surface area contributed by atoms with Crippen LogP contribution in [0.1, 0.15) is 27.1 Å². The van der Waals surface area contributed by atoms with E-state index in [0.717, 1.165) is 28.9 Å². The molecule has 0 saturated carbocycles. The second kappa shape index (κ2) is 6.40. The summed E-state index contributed by atoms with van der Waals surface area (Å²) in [5.74, 6) is 0.680. The van der Waals surface area contributed by atoms with Gasteiger partial charge in [0.1, 0.15) is 11.6 Å². The maximum Gasteiger partial charge on any atom is 0.123 e. The van der Waals surface area contributed by atoms with Gasteiger partial charge in [-0.2, -0.15) is 0 Å². The van der Waals surface area contributed by atoms with Crippen LogP contribution in [0.5, 0.6) is 5.75 Å². The SMILES string of the molecule is COc1cccc(CC(Br)c2c(C)cc(F)cc2C)c1. The third-order valence-electron chi connectivity index (χ3n) is 3.42. The summed E-state index contributed by atoms with van der Waals surface area (Å²) in [4.78, 5) is 0.162. The molecule has 0 aromatic heterocycles. The van der Waals surface area contributed by atoms with Gasteiger partial charge in [0.2, 0.25) is 0 Å². The van der Waals surface area contributed by atoms with E-state index in [4.69, 9.17) is 4.74 Å². The van der Waals surface area contributed by atoms with Crippen molar-refractivity contribution < 1.29 is 9.13 Å². The van der Waals surface area contributed by atoms with Crippen LogP contribution in [0.15, 0.2) is 36.4 Å². The van der Waals surface area contributed by atoms with Crippen molar-refractivity contribution in [1.82, 2.24) is 0 Å². The van der Waals surface area contributed by atoms with Crippen LogP contribution in [0.4, 0.5) is 4.39 Å². The first-order valence-electron chi connectivity index (χ1n) is 6.55. The number of ether oxygens (including phenoxy) is 1. The van der Waals surface area contributed by atoms with Crippen molar-refractivity contribution in [3.63, 3.8) is 0 Å². The third-order valence-corrected chi connectivity index (χ3v) is 4.20. The van der Waals surface area contributed by atoms with E-state index < -0.39 is 0 Å². The Morgan fingerprint density at radius 3 is 2.40 bits per heavy atom. The van der Waals surface area contributed by atoms with Gasteiger partial charge in [0.25, 0.3) is 0 Å². The van der Waals surface area contributed by atoms with Gasteiger partial charge in [-0.05, 0) is 66.8 Å². The van der Waals surface area contributed by atoms with E-state index in [9.17, 15) is 4.39 Å². The number of rotatable bonds is 4. The van der Waals surface area contributed by atoms with Gasteiger partial charge in [0.15, 0.2) is 0 Å². The summed E-state index contributed by atoms with van der Waals surface area (Å²) in [6.07, 6.45) is 0.838. The zero-order valence-corrected chi connectivity index (χ0v) is 13.5. The van der Waals surface area contributed by atoms with E-state index in [1.807, 2.05) is 32.0 Å². The molecule has 0 heterocycles. The summed E-state index contributed by atoms with van der Waals surface area (Å²) in [5.41, 5.74) is 4.31. The van der Waals surface area contributed by atoms with Gasteiger partial charge in [-0.15, -0.1) is 0 Å².